The van der Waals surface area contributed by atoms with Gasteiger partial charge in [-0.2, -0.15) is 0 Å². The zero-order valence-electron chi connectivity index (χ0n) is 19.1. The van der Waals surface area contributed by atoms with Crippen LogP contribution in [0.25, 0.3) is 0 Å². The van der Waals surface area contributed by atoms with Crippen molar-refractivity contribution in [3.8, 4) is 0 Å². The average Bonchev–Trinajstić information content (AvgIpc) is 2.70. The Morgan fingerprint density at radius 3 is 2.60 bits per heavy atom. The van der Waals surface area contributed by atoms with E-state index in [0.29, 0.717) is 12.0 Å². The van der Waals surface area contributed by atoms with E-state index in [4.69, 9.17) is 0 Å². The maximum Gasteiger partial charge on any atom is 0.198 e. The second-order valence-electron chi connectivity index (χ2n) is 10.5. The highest BCUT2D eigenvalue weighted by atomic mass is 32.2. The normalized spacial score (nSPS) is 26.3. The van der Waals surface area contributed by atoms with E-state index in [1.165, 1.54) is 34.9 Å². The molecule has 1 saturated heterocycles. The van der Waals surface area contributed by atoms with Gasteiger partial charge < -0.3 is 0 Å². The van der Waals surface area contributed by atoms with Crippen LogP contribution in [0.1, 0.15) is 57.7 Å². The van der Waals surface area contributed by atoms with Crippen molar-refractivity contribution >= 4 is 16.9 Å². The first-order valence-electron chi connectivity index (χ1n) is 11.3. The lowest BCUT2D eigenvalue weighted by Crippen LogP contribution is -2.58. The molecule has 2 nitrogen and oxygen atoms in total. The number of fused-ring (bicyclic) bond motifs is 4. The molecule has 1 unspecified atom stereocenters. The molecule has 3 atom stereocenters. The highest BCUT2D eigenvalue weighted by Crippen LogP contribution is 2.49. The summed E-state index contributed by atoms with van der Waals surface area (Å²) in [7, 11) is 0. The first-order valence-corrected chi connectivity index (χ1v) is 12.1. The van der Waals surface area contributed by atoms with Crippen LogP contribution in [0.2, 0.25) is 0 Å². The van der Waals surface area contributed by atoms with Gasteiger partial charge in [0.25, 0.3) is 0 Å². The molecule has 1 aliphatic heterocycles. The Kier molecular flexibility index (Phi) is 5.89. The van der Waals surface area contributed by atoms with Gasteiger partial charge in [0.1, 0.15) is 0 Å². The number of hydrogen-bond donors (Lipinski definition) is 0. The predicted molar refractivity (Wildman–Crippen MR) is 127 cm³/mol. The first kappa shape index (κ1) is 21.6. The summed E-state index contributed by atoms with van der Waals surface area (Å²) in [5, 5.41) is 0.241. The number of nitrogens with zero attached hydrogens (tertiary/aromatic N) is 1. The van der Waals surface area contributed by atoms with Crippen LogP contribution < -0.4 is 0 Å². The van der Waals surface area contributed by atoms with Gasteiger partial charge in [-0.1, -0.05) is 82.8 Å². The van der Waals surface area contributed by atoms with Crippen LogP contribution in [0.5, 0.6) is 0 Å². The van der Waals surface area contributed by atoms with Crippen LogP contribution >= 0.6 is 11.8 Å². The number of piperidine rings is 1. The molecule has 0 spiro atoms. The minimum Gasteiger partial charge on any atom is -0.299 e. The molecule has 0 N–H and O–H groups in total. The quantitative estimate of drug-likeness (QED) is 0.555. The van der Waals surface area contributed by atoms with E-state index < -0.39 is 0 Å². The Hall–Kier alpha value is -1.58. The first-order chi connectivity index (χ1) is 14.2. The van der Waals surface area contributed by atoms with Gasteiger partial charge in [0.15, 0.2) is 5.12 Å². The number of rotatable bonds is 4. The van der Waals surface area contributed by atoms with Crippen molar-refractivity contribution in [3.05, 3.63) is 65.2 Å². The Labute approximate surface area is 186 Å². The maximum atomic E-state index is 12.5. The zero-order valence-corrected chi connectivity index (χ0v) is 19.9. The number of benzene rings is 2. The molecule has 1 fully saturated rings. The van der Waals surface area contributed by atoms with Crippen molar-refractivity contribution in [2.75, 3.05) is 13.1 Å². The molecular weight excluding hydrogens is 386 g/mol. The molecule has 2 aromatic rings. The topological polar surface area (TPSA) is 20.3 Å². The molecule has 30 heavy (non-hydrogen) atoms. The highest BCUT2D eigenvalue weighted by molar-refractivity contribution is 8.13. The molecule has 0 aromatic heterocycles. The summed E-state index contributed by atoms with van der Waals surface area (Å²) in [6, 6.07) is 18.3. The third-order valence-electron chi connectivity index (χ3n) is 7.45. The van der Waals surface area contributed by atoms with Gasteiger partial charge in [-0.25, -0.2) is 0 Å². The van der Waals surface area contributed by atoms with E-state index in [1.54, 1.807) is 0 Å². The van der Waals surface area contributed by atoms with Gasteiger partial charge in [-0.3, -0.25) is 9.69 Å². The Morgan fingerprint density at radius 2 is 1.90 bits per heavy atom. The fourth-order valence-electron chi connectivity index (χ4n) is 5.21. The standard InChI is InChI=1S/C27H35NOS/c1-19-24-17-21-11-12-22(30-25(29)26(2,3)4)18-23(21)27(19,5)14-16-28(24)15-13-20-9-7-6-8-10-20/h6-12,18-19,24H,13-17H2,1-5H3/t19-,24?,27+/m0/s1. The molecular formula is C27H35NOS. The largest absolute Gasteiger partial charge is 0.299 e. The number of carbonyl (C=O) groups excluding carboxylic acids is 1. The fourth-order valence-corrected chi connectivity index (χ4v) is 6.04. The van der Waals surface area contributed by atoms with E-state index in [9.17, 15) is 4.79 Å². The van der Waals surface area contributed by atoms with Crippen molar-refractivity contribution in [1.82, 2.24) is 4.90 Å². The van der Waals surface area contributed by atoms with E-state index in [1.807, 2.05) is 20.8 Å². The van der Waals surface area contributed by atoms with Gasteiger partial charge in [0.05, 0.1) is 0 Å². The minimum absolute atomic E-state index is 0.197. The van der Waals surface area contributed by atoms with Crippen LogP contribution in [-0.2, 0) is 23.1 Å². The average molecular weight is 422 g/mol. The van der Waals surface area contributed by atoms with Crippen LogP contribution in [-0.4, -0.2) is 29.1 Å². The lowest BCUT2D eigenvalue weighted by atomic mass is 9.59. The Bertz CT molecular complexity index is 916. The van der Waals surface area contributed by atoms with E-state index in [0.717, 1.165) is 30.8 Å². The van der Waals surface area contributed by atoms with Gasteiger partial charge in [-0.05, 0) is 66.0 Å². The molecule has 2 aromatic carbocycles. The third kappa shape index (κ3) is 4.11. The Morgan fingerprint density at radius 1 is 1.17 bits per heavy atom. The minimum atomic E-state index is -0.313. The molecule has 4 rings (SSSR count). The molecule has 2 aliphatic rings. The van der Waals surface area contributed by atoms with Gasteiger partial charge in [-0.15, -0.1) is 0 Å². The number of thioether (sulfide) groups is 1. The fraction of sp³-hybridized carbons (Fsp3) is 0.519. The van der Waals surface area contributed by atoms with Crippen molar-refractivity contribution in [1.29, 1.82) is 0 Å². The van der Waals surface area contributed by atoms with Crippen molar-refractivity contribution < 1.29 is 4.79 Å². The van der Waals surface area contributed by atoms with Gasteiger partial charge >= 0.3 is 0 Å². The summed E-state index contributed by atoms with van der Waals surface area (Å²) in [5.41, 5.74) is 4.29. The van der Waals surface area contributed by atoms with Gasteiger partial charge in [0, 0.05) is 22.9 Å². The number of likely N-dealkylation sites (tertiary alicyclic amines) is 1. The zero-order chi connectivity index (χ0) is 21.5. The van der Waals surface area contributed by atoms with Crippen molar-refractivity contribution in [3.63, 3.8) is 0 Å². The monoisotopic (exact) mass is 421 g/mol. The summed E-state index contributed by atoms with van der Waals surface area (Å²) in [6.07, 6.45) is 3.44. The third-order valence-corrected chi connectivity index (χ3v) is 8.74. The van der Waals surface area contributed by atoms with E-state index >= 15 is 0 Å². The van der Waals surface area contributed by atoms with Crippen LogP contribution in [0.4, 0.5) is 0 Å². The second kappa shape index (κ2) is 8.16. The molecule has 3 heteroatoms. The maximum absolute atomic E-state index is 12.5. The molecule has 0 saturated carbocycles. The summed E-state index contributed by atoms with van der Waals surface area (Å²) in [6.45, 7) is 13.2. The lowest BCUT2D eigenvalue weighted by Gasteiger charge is -2.54. The van der Waals surface area contributed by atoms with Crippen LogP contribution in [0, 0.1) is 11.3 Å². The molecule has 1 aliphatic carbocycles. The predicted octanol–water partition coefficient (Wildman–Crippen LogP) is 6.12. The molecule has 0 radical (unpaired) electrons. The van der Waals surface area contributed by atoms with Crippen LogP contribution in [0.3, 0.4) is 0 Å². The number of hydrogen-bond acceptors (Lipinski definition) is 3. The summed E-state index contributed by atoms with van der Waals surface area (Å²) in [5.74, 6) is 0.619. The van der Waals surface area contributed by atoms with Gasteiger partial charge in [0.2, 0.25) is 0 Å². The molecule has 0 amide bonds. The summed E-state index contributed by atoms with van der Waals surface area (Å²) < 4.78 is 0. The van der Waals surface area contributed by atoms with E-state index in [-0.39, 0.29) is 15.9 Å². The van der Waals surface area contributed by atoms with Crippen molar-refractivity contribution in [2.45, 2.75) is 70.2 Å². The SMILES string of the molecule is C[C@H]1C2Cc3ccc(SC(=O)C(C)(C)C)cc3[C@]1(C)CCN2CCc1ccccc1. The smallest absolute Gasteiger partial charge is 0.198 e. The van der Waals surface area contributed by atoms with Crippen molar-refractivity contribution in [2.24, 2.45) is 11.3 Å². The summed E-state index contributed by atoms with van der Waals surface area (Å²) >= 11 is 1.41. The number of carbonyl (C=O) groups is 1. The molecule has 1 heterocycles. The van der Waals surface area contributed by atoms with Crippen LogP contribution in [0.15, 0.2) is 53.4 Å². The molecule has 2 bridgehead atoms. The van der Waals surface area contributed by atoms with E-state index in [2.05, 4.69) is 67.3 Å². The molecule has 160 valence electrons. The highest BCUT2D eigenvalue weighted by Gasteiger charge is 2.48. The summed E-state index contributed by atoms with van der Waals surface area (Å²) in [4.78, 5) is 16.4. The Balaban J connectivity index is 1.54. The lowest BCUT2D eigenvalue weighted by molar-refractivity contribution is -0.117. The second-order valence-corrected chi connectivity index (χ2v) is 11.5.